The van der Waals surface area contributed by atoms with Crippen molar-refractivity contribution in [3.8, 4) is 0 Å². The molecule has 1 heterocycles. The molecule has 2 aromatic rings. The maximum absolute atomic E-state index is 13.5. The number of halogens is 4. The SMILES string of the molecule is CN=C(NCCc1nc(C(F)(F)F)cs1)NCc1ccc(C)c(F)c1. The molecule has 0 saturated heterocycles. The molecular formula is C16H18F4N4S. The number of aliphatic imine (C=N–C) groups is 1. The molecule has 2 N–H and O–H groups in total. The average Bonchev–Trinajstić information content (AvgIpc) is 3.03. The van der Waals surface area contributed by atoms with Crippen molar-refractivity contribution in [3.05, 3.63) is 51.2 Å². The van der Waals surface area contributed by atoms with Crippen LogP contribution in [0.1, 0.15) is 21.8 Å². The summed E-state index contributed by atoms with van der Waals surface area (Å²) >= 11 is 0.976. The van der Waals surface area contributed by atoms with Gasteiger partial charge in [0.2, 0.25) is 0 Å². The Balaban J connectivity index is 1.80. The molecule has 0 radical (unpaired) electrons. The van der Waals surface area contributed by atoms with Crippen LogP contribution in [0.4, 0.5) is 17.6 Å². The van der Waals surface area contributed by atoms with Gasteiger partial charge in [0.25, 0.3) is 0 Å². The van der Waals surface area contributed by atoms with E-state index in [1.807, 2.05) is 6.07 Å². The minimum absolute atomic E-state index is 0.272. The van der Waals surface area contributed by atoms with E-state index in [-0.39, 0.29) is 5.82 Å². The number of alkyl halides is 3. The lowest BCUT2D eigenvalue weighted by Crippen LogP contribution is -2.37. The predicted molar refractivity (Wildman–Crippen MR) is 90.2 cm³/mol. The summed E-state index contributed by atoms with van der Waals surface area (Å²) in [5, 5.41) is 7.42. The second kappa shape index (κ2) is 8.28. The van der Waals surface area contributed by atoms with Gasteiger partial charge in [0, 0.05) is 31.9 Å². The summed E-state index contributed by atoms with van der Waals surface area (Å²) in [7, 11) is 1.58. The minimum Gasteiger partial charge on any atom is -0.356 e. The first-order valence-corrected chi connectivity index (χ1v) is 8.38. The van der Waals surface area contributed by atoms with Crippen LogP contribution in [-0.2, 0) is 19.1 Å². The van der Waals surface area contributed by atoms with E-state index in [1.54, 1.807) is 20.0 Å². The number of benzene rings is 1. The Labute approximate surface area is 147 Å². The lowest BCUT2D eigenvalue weighted by Gasteiger charge is -2.11. The first-order valence-electron chi connectivity index (χ1n) is 7.50. The molecule has 0 atom stereocenters. The zero-order chi connectivity index (χ0) is 18.4. The second-order valence-electron chi connectivity index (χ2n) is 5.31. The molecule has 0 aliphatic rings. The Morgan fingerprint density at radius 1 is 1.28 bits per heavy atom. The van der Waals surface area contributed by atoms with E-state index in [0.717, 1.165) is 22.3 Å². The van der Waals surface area contributed by atoms with Crippen LogP contribution in [0.15, 0.2) is 28.6 Å². The third-order valence-corrected chi connectivity index (χ3v) is 4.30. The summed E-state index contributed by atoms with van der Waals surface area (Å²) in [6.07, 6.45) is -4.07. The molecular weight excluding hydrogens is 356 g/mol. The van der Waals surface area contributed by atoms with Crippen LogP contribution >= 0.6 is 11.3 Å². The van der Waals surface area contributed by atoms with Gasteiger partial charge in [-0.25, -0.2) is 9.37 Å². The third kappa shape index (κ3) is 5.70. The second-order valence-corrected chi connectivity index (χ2v) is 6.25. The Morgan fingerprint density at radius 2 is 2.04 bits per heavy atom. The van der Waals surface area contributed by atoms with E-state index >= 15 is 0 Å². The van der Waals surface area contributed by atoms with Gasteiger partial charge < -0.3 is 10.6 Å². The first-order chi connectivity index (χ1) is 11.8. The highest BCUT2D eigenvalue weighted by Gasteiger charge is 2.33. The van der Waals surface area contributed by atoms with Crippen molar-refractivity contribution in [3.63, 3.8) is 0 Å². The summed E-state index contributed by atoms with van der Waals surface area (Å²) < 4.78 is 51.0. The summed E-state index contributed by atoms with van der Waals surface area (Å²) in [4.78, 5) is 7.59. The number of rotatable bonds is 5. The van der Waals surface area contributed by atoms with Crippen LogP contribution < -0.4 is 10.6 Å². The maximum atomic E-state index is 13.5. The Bertz CT molecular complexity index is 740. The number of hydrogen-bond acceptors (Lipinski definition) is 3. The molecule has 25 heavy (non-hydrogen) atoms. The van der Waals surface area contributed by atoms with Gasteiger partial charge in [-0.2, -0.15) is 13.2 Å². The summed E-state index contributed by atoms with van der Waals surface area (Å²) in [6.45, 7) is 2.45. The van der Waals surface area contributed by atoms with Gasteiger partial charge in [0.15, 0.2) is 11.7 Å². The lowest BCUT2D eigenvalue weighted by molar-refractivity contribution is -0.140. The van der Waals surface area contributed by atoms with Crippen LogP contribution in [0, 0.1) is 12.7 Å². The van der Waals surface area contributed by atoms with Gasteiger partial charge >= 0.3 is 6.18 Å². The van der Waals surface area contributed by atoms with Crippen molar-refractivity contribution in [1.29, 1.82) is 0 Å². The highest BCUT2D eigenvalue weighted by atomic mass is 32.1. The Hall–Kier alpha value is -2.16. The van der Waals surface area contributed by atoms with Crippen molar-refractivity contribution < 1.29 is 17.6 Å². The number of aromatic nitrogens is 1. The fourth-order valence-corrected chi connectivity index (χ4v) is 2.80. The Morgan fingerprint density at radius 3 is 2.64 bits per heavy atom. The molecule has 0 spiro atoms. The van der Waals surface area contributed by atoms with Gasteiger partial charge in [-0.1, -0.05) is 12.1 Å². The molecule has 9 heteroatoms. The van der Waals surface area contributed by atoms with Gasteiger partial charge in [0.1, 0.15) is 5.82 Å². The fourth-order valence-electron chi connectivity index (χ4n) is 2.00. The van der Waals surface area contributed by atoms with Crippen LogP contribution in [0.3, 0.4) is 0 Å². The molecule has 0 amide bonds. The largest absolute Gasteiger partial charge is 0.434 e. The van der Waals surface area contributed by atoms with E-state index in [0.29, 0.717) is 36.0 Å². The fraction of sp³-hybridized carbons (Fsp3) is 0.375. The highest BCUT2D eigenvalue weighted by molar-refractivity contribution is 7.09. The Kier molecular flexibility index (Phi) is 6.35. The smallest absolute Gasteiger partial charge is 0.356 e. The number of aryl methyl sites for hydroxylation is 1. The molecule has 0 bridgehead atoms. The van der Waals surface area contributed by atoms with Gasteiger partial charge in [-0.15, -0.1) is 11.3 Å². The molecule has 0 aliphatic carbocycles. The van der Waals surface area contributed by atoms with Gasteiger partial charge in [-0.3, -0.25) is 4.99 Å². The number of nitrogens with one attached hydrogen (secondary N) is 2. The average molecular weight is 374 g/mol. The number of nitrogens with zero attached hydrogens (tertiary/aromatic N) is 2. The van der Waals surface area contributed by atoms with E-state index in [9.17, 15) is 17.6 Å². The predicted octanol–water partition coefficient (Wildman–Crippen LogP) is 3.52. The van der Waals surface area contributed by atoms with Gasteiger partial charge in [0.05, 0.1) is 5.01 Å². The van der Waals surface area contributed by atoms with Crippen molar-refractivity contribution in [2.75, 3.05) is 13.6 Å². The maximum Gasteiger partial charge on any atom is 0.434 e. The van der Waals surface area contributed by atoms with Crippen molar-refractivity contribution in [2.24, 2.45) is 4.99 Å². The number of thiazole rings is 1. The summed E-state index contributed by atoms with van der Waals surface area (Å²) in [5.74, 6) is 0.208. The lowest BCUT2D eigenvalue weighted by atomic mass is 10.1. The van der Waals surface area contributed by atoms with Crippen molar-refractivity contribution in [1.82, 2.24) is 15.6 Å². The van der Waals surface area contributed by atoms with Crippen molar-refractivity contribution in [2.45, 2.75) is 26.1 Å². The molecule has 1 aromatic heterocycles. The summed E-state index contributed by atoms with van der Waals surface area (Å²) in [6, 6.07) is 4.96. The number of hydrogen-bond donors (Lipinski definition) is 2. The topological polar surface area (TPSA) is 49.3 Å². The van der Waals surface area contributed by atoms with E-state index < -0.39 is 11.9 Å². The van der Waals surface area contributed by atoms with E-state index in [4.69, 9.17) is 0 Å². The van der Waals surface area contributed by atoms with Crippen LogP contribution in [-0.4, -0.2) is 24.5 Å². The van der Waals surface area contributed by atoms with E-state index in [1.165, 1.54) is 6.07 Å². The third-order valence-electron chi connectivity index (χ3n) is 3.39. The standard InChI is InChI=1S/C16H18F4N4S/c1-10-3-4-11(7-12(10)17)8-23-15(21-2)22-6-5-14-24-13(9-25-14)16(18,19)20/h3-4,7,9H,5-6,8H2,1-2H3,(H2,21,22,23). The molecule has 0 unspecified atom stereocenters. The molecule has 136 valence electrons. The molecule has 2 rings (SSSR count). The van der Waals surface area contributed by atoms with E-state index in [2.05, 4.69) is 20.6 Å². The zero-order valence-corrected chi connectivity index (χ0v) is 14.6. The van der Waals surface area contributed by atoms with Crippen molar-refractivity contribution >= 4 is 17.3 Å². The quantitative estimate of drug-likeness (QED) is 0.478. The van der Waals surface area contributed by atoms with Gasteiger partial charge in [-0.05, 0) is 24.1 Å². The zero-order valence-electron chi connectivity index (χ0n) is 13.7. The minimum atomic E-state index is -4.41. The number of guanidine groups is 1. The van der Waals surface area contributed by atoms with Crippen LogP contribution in [0.5, 0.6) is 0 Å². The van der Waals surface area contributed by atoms with Crippen LogP contribution in [0.2, 0.25) is 0 Å². The summed E-state index contributed by atoms with van der Waals surface area (Å²) in [5.41, 5.74) is 0.477. The monoisotopic (exact) mass is 374 g/mol. The molecule has 4 nitrogen and oxygen atoms in total. The highest BCUT2D eigenvalue weighted by Crippen LogP contribution is 2.29. The first kappa shape index (κ1) is 19.2. The molecule has 0 aliphatic heterocycles. The molecule has 0 saturated carbocycles. The normalized spacial score (nSPS) is 12.3. The molecule has 0 fully saturated rings. The molecule has 1 aromatic carbocycles. The van der Waals surface area contributed by atoms with Crippen LogP contribution in [0.25, 0.3) is 0 Å².